The molecule has 0 atom stereocenters. The van der Waals surface area contributed by atoms with Crippen LogP contribution in [0, 0.1) is 0 Å². The van der Waals surface area contributed by atoms with Gasteiger partial charge in [0, 0.05) is 6.54 Å². The second-order valence-corrected chi connectivity index (χ2v) is 5.06. The molecule has 1 nitrogen and oxygen atoms in total. The topological polar surface area (TPSA) is 12.0 Å². The lowest BCUT2D eigenvalue weighted by Crippen LogP contribution is -2.03. The van der Waals surface area contributed by atoms with Crippen LogP contribution in [0.3, 0.4) is 0 Å². The van der Waals surface area contributed by atoms with Gasteiger partial charge in [-0.25, -0.2) is 0 Å². The standard InChI is InChI=1S/C20H23N/c1-3-17-6-8-19(9-7-17)14-15-20-12-10-18(11-13-20)5-4-16-21-2/h4-15,21H,3,16H2,1-2H3/b5-4+,15-14+. The van der Waals surface area contributed by atoms with E-state index >= 15 is 0 Å². The highest BCUT2D eigenvalue weighted by Crippen LogP contribution is 2.12. The van der Waals surface area contributed by atoms with Crippen LogP contribution in [0.15, 0.2) is 54.6 Å². The Bertz CT molecular complexity index is 589. The van der Waals surface area contributed by atoms with Crippen LogP contribution in [0.1, 0.15) is 29.2 Å². The number of aryl methyl sites for hydroxylation is 1. The molecule has 0 aliphatic rings. The first-order chi connectivity index (χ1) is 10.3. The summed E-state index contributed by atoms with van der Waals surface area (Å²) in [5.74, 6) is 0. The maximum atomic E-state index is 3.10. The molecule has 0 heterocycles. The van der Waals surface area contributed by atoms with Crippen molar-refractivity contribution in [1.82, 2.24) is 5.32 Å². The van der Waals surface area contributed by atoms with Crippen LogP contribution in [0.4, 0.5) is 0 Å². The van der Waals surface area contributed by atoms with Crippen LogP contribution in [0.25, 0.3) is 18.2 Å². The van der Waals surface area contributed by atoms with Gasteiger partial charge in [0.2, 0.25) is 0 Å². The molecule has 0 bridgehead atoms. The van der Waals surface area contributed by atoms with Gasteiger partial charge in [0.1, 0.15) is 0 Å². The number of nitrogens with one attached hydrogen (secondary N) is 1. The van der Waals surface area contributed by atoms with Crippen LogP contribution in [-0.2, 0) is 6.42 Å². The molecule has 108 valence electrons. The molecule has 0 unspecified atom stereocenters. The molecule has 0 saturated carbocycles. The first-order valence-electron chi connectivity index (χ1n) is 7.50. The normalized spacial score (nSPS) is 11.5. The molecule has 0 radical (unpaired) electrons. The van der Waals surface area contributed by atoms with Crippen LogP contribution in [0.5, 0.6) is 0 Å². The zero-order valence-electron chi connectivity index (χ0n) is 12.8. The third-order valence-corrected chi connectivity index (χ3v) is 3.42. The largest absolute Gasteiger partial charge is 0.316 e. The Kier molecular flexibility index (Phi) is 5.99. The molecule has 0 spiro atoms. The van der Waals surface area contributed by atoms with Crippen molar-refractivity contribution in [3.05, 3.63) is 76.9 Å². The van der Waals surface area contributed by atoms with Gasteiger partial charge in [-0.3, -0.25) is 0 Å². The fourth-order valence-electron chi connectivity index (χ4n) is 2.09. The highest BCUT2D eigenvalue weighted by molar-refractivity contribution is 5.70. The second-order valence-electron chi connectivity index (χ2n) is 5.06. The molecule has 1 N–H and O–H groups in total. The van der Waals surface area contributed by atoms with Gasteiger partial charge in [-0.05, 0) is 35.7 Å². The smallest absolute Gasteiger partial charge is 0.0135 e. The van der Waals surface area contributed by atoms with Crippen molar-refractivity contribution in [2.75, 3.05) is 13.6 Å². The summed E-state index contributed by atoms with van der Waals surface area (Å²) in [4.78, 5) is 0. The Labute approximate surface area is 128 Å². The molecule has 0 saturated heterocycles. The molecule has 21 heavy (non-hydrogen) atoms. The van der Waals surface area contributed by atoms with E-state index in [1.54, 1.807) is 0 Å². The SMILES string of the molecule is CCc1ccc(/C=C/c2ccc(/C=C/CNC)cc2)cc1. The van der Waals surface area contributed by atoms with Gasteiger partial charge in [-0.2, -0.15) is 0 Å². The number of benzene rings is 2. The fourth-order valence-corrected chi connectivity index (χ4v) is 2.09. The molecular formula is C20H23N. The second kappa shape index (κ2) is 8.23. The fraction of sp³-hybridized carbons (Fsp3) is 0.200. The molecule has 0 amide bonds. The summed E-state index contributed by atoms with van der Waals surface area (Å²) in [5.41, 5.74) is 5.07. The highest BCUT2D eigenvalue weighted by Gasteiger charge is 1.91. The van der Waals surface area contributed by atoms with Crippen LogP contribution in [-0.4, -0.2) is 13.6 Å². The molecule has 2 aromatic carbocycles. The zero-order valence-corrected chi connectivity index (χ0v) is 12.8. The van der Waals surface area contributed by atoms with E-state index in [1.807, 2.05) is 7.05 Å². The van der Waals surface area contributed by atoms with Gasteiger partial charge in [-0.15, -0.1) is 0 Å². The Hall–Kier alpha value is -2.12. The van der Waals surface area contributed by atoms with Crippen molar-refractivity contribution in [3.63, 3.8) is 0 Å². The Morgan fingerprint density at radius 3 is 1.71 bits per heavy atom. The van der Waals surface area contributed by atoms with Crippen LogP contribution >= 0.6 is 0 Å². The minimum atomic E-state index is 0.898. The maximum Gasteiger partial charge on any atom is 0.0135 e. The maximum absolute atomic E-state index is 3.10. The summed E-state index contributed by atoms with van der Waals surface area (Å²) in [6.07, 6.45) is 9.66. The molecule has 2 rings (SSSR count). The van der Waals surface area contributed by atoms with Crippen molar-refractivity contribution in [2.24, 2.45) is 0 Å². The lowest BCUT2D eigenvalue weighted by atomic mass is 10.1. The van der Waals surface area contributed by atoms with Gasteiger partial charge in [-0.1, -0.05) is 79.8 Å². The van der Waals surface area contributed by atoms with E-state index in [0.717, 1.165) is 13.0 Å². The number of likely N-dealkylation sites (N-methyl/N-ethyl adjacent to an activating group) is 1. The monoisotopic (exact) mass is 277 g/mol. The van der Waals surface area contributed by atoms with Crippen molar-refractivity contribution in [2.45, 2.75) is 13.3 Å². The van der Waals surface area contributed by atoms with Gasteiger partial charge in [0.15, 0.2) is 0 Å². The van der Waals surface area contributed by atoms with Gasteiger partial charge < -0.3 is 5.32 Å². The van der Waals surface area contributed by atoms with Crippen molar-refractivity contribution < 1.29 is 0 Å². The average molecular weight is 277 g/mol. The molecule has 1 heteroatoms. The number of hydrogen-bond acceptors (Lipinski definition) is 1. The Morgan fingerprint density at radius 1 is 0.762 bits per heavy atom. The molecule has 2 aromatic rings. The average Bonchev–Trinajstić information content (AvgIpc) is 2.55. The van der Waals surface area contributed by atoms with E-state index in [9.17, 15) is 0 Å². The van der Waals surface area contributed by atoms with Crippen LogP contribution in [0.2, 0.25) is 0 Å². The summed E-state index contributed by atoms with van der Waals surface area (Å²) < 4.78 is 0. The first-order valence-corrected chi connectivity index (χ1v) is 7.50. The molecule has 0 aliphatic carbocycles. The first kappa shape index (κ1) is 15.3. The van der Waals surface area contributed by atoms with Crippen LogP contribution < -0.4 is 5.32 Å². The predicted molar refractivity (Wildman–Crippen MR) is 94.2 cm³/mol. The van der Waals surface area contributed by atoms with Crippen molar-refractivity contribution in [3.8, 4) is 0 Å². The molecule has 0 fully saturated rings. The number of rotatable bonds is 6. The summed E-state index contributed by atoms with van der Waals surface area (Å²) >= 11 is 0. The summed E-state index contributed by atoms with van der Waals surface area (Å²) in [7, 11) is 1.95. The van der Waals surface area contributed by atoms with E-state index in [0.29, 0.717) is 0 Å². The Balaban J connectivity index is 2.00. The zero-order chi connectivity index (χ0) is 14.9. The van der Waals surface area contributed by atoms with E-state index in [1.165, 1.54) is 22.3 Å². The Morgan fingerprint density at radius 2 is 1.24 bits per heavy atom. The van der Waals surface area contributed by atoms with Gasteiger partial charge in [0.05, 0.1) is 0 Å². The summed E-state index contributed by atoms with van der Waals surface area (Å²) in [6, 6.07) is 17.3. The minimum absolute atomic E-state index is 0.898. The lowest BCUT2D eigenvalue weighted by molar-refractivity contribution is 0.922. The third kappa shape index (κ3) is 5.05. The summed E-state index contributed by atoms with van der Waals surface area (Å²) in [5, 5.41) is 3.10. The van der Waals surface area contributed by atoms with Gasteiger partial charge in [0.25, 0.3) is 0 Å². The van der Waals surface area contributed by atoms with E-state index < -0.39 is 0 Å². The molecular weight excluding hydrogens is 254 g/mol. The minimum Gasteiger partial charge on any atom is -0.316 e. The predicted octanol–water partition coefficient (Wildman–Crippen LogP) is 4.65. The third-order valence-electron chi connectivity index (χ3n) is 3.42. The van der Waals surface area contributed by atoms with Gasteiger partial charge >= 0.3 is 0 Å². The number of hydrogen-bond donors (Lipinski definition) is 1. The lowest BCUT2D eigenvalue weighted by Gasteiger charge is -1.99. The van der Waals surface area contributed by atoms with Crippen molar-refractivity contribution in [1.29, 1.82) is 0 Å². The highest BCUT2D eigenvalue weighted by atomic mass is 14.8. The molecule has 0 aromatic heterocycles. The van der Waals surface area contributed by atoms with E-state index in [2.05, 4.69) is 85.1 Å². The van der Waals surface area contributed by atoms with E-state index in [4.69, 9.17) is 0 Å². The summed E-state index contributed by atoms with van der Waals surface area (Å²) in [6.45, 7) is 3.08. The molecule has 0 aliphatic heterocycles. The van der Waals surface area contributed by atoms with E-state index in [-0.39, 0.29) is 0 Å². The van der Waals surface area contributed by atoms with Crippen molar-refractivity contribution >= 4 is 18.2 Å². The quantitative estimate of drug-likeness (QED) is 0.758.